The summed E-state index contributed by atoms with van der Waals surface area (Å²) in [4.78, 5) is 9.27. The molecule has 5 nitrogen and oxygen atoms in total. The van der Waals surface area contributed by atoms with Crippen molar-refractivity contribution in [1.29, 1.82) is 0 Å². The van der Waals surface area contributed by atoms with E-state index in [0.717, 1.165) is 27.1 Å². The van der Waals surface area contributed by atoms with Crippen LogP contribution in [0.2, 0.25) is 0 Å². The average Bonchev–Trinajstić information content (AvgIpc) is 2.71. The van der Waals surface area contributed by atoms with Crippen LogP contribution < -0.4 is 10.6 Å². The van der Waals surface area contributed by atoms with E-state index in [1.807, 2.05) is 48.5 Å². The Bertz CT molecular complexity index is 902. The topological polar surface area (TPSA) is 70.1 Å². The van der Waals surface area contributed by atoms with E-state index in [9.17, 15) is 5.11 Å². The van der Waals surface area contributed by atoms with Crippen molar-refractivity contribution in [2.75, 3.05) is 17.2 Å². The number of aliphatic hydroxyl groups excluding tert-OH is 1. The Balaban J connectivity index is 1.88. The molecular weight excluding hydrogens is 416 g/mol. The van der Waals surface area contributed by atoms with Crippen LogP contribution >= 0.6 is 15.9 Å². The van der Waals surface area contributed by atoms with Gasteiger partial charge in [-0.15, -0.1) is 0 Å². The minimum atomic E-state index is -0.107. The molecule has 0 saturated heterocycles. The van der Waals surface area contributed by atoms with E-state index in [1.165, 1.54) is 0 Å². The first-order valence-electron chi connectivity index (χ1n) is 9.35. The summed E-state index contributed by atoms with van der Waals surface area (Å²) in [5, 5.41) is 16.3. The van der Waals surface area contributed by atoms with Crippen molar-refractivity contribution in [3.8, 4) is 11.3 Å². The van der Waals surface area contributed by atoms with Crippen molar-refractivity contribution >= 4 is 27.7 Å². The molecule has 0 aliphatic rings. The maximum absolute atomic E-state index is 9.65. The lowest BCUT2D eigenvalue weighted by Crippen LogP contribution is -2.30. The molecule has 2 aromatic carbocycles. The predicted octanol–water partition coefficient (Wildman–Crippen LogP) is 4.95. The van der Waals surface area contributed by atoms with Gasteiger partial charge in [0.1, 0.15) is 5.82 Å². The van der Waals surface area contributed by atoms with Crippen LogP contribution in [0.4, 0.5) is 11.8 Å². The first-order valence-corrected chi connectivity index (χ1v) is 10.1. The Labute approximate surface area is 174 Å². The third-order valence-electron chi connectivity index (χ3n) is 4.47. The number of aliphatic hydroxyl groups is 1. The monoisotopic (exact) mass is 440 g/mol. The predicted molar refractivity (Wildman–Crippen MR) is 118 cm³/mol. The van der Waals surface area contributed by atoms with Gasteiger partial charge in [-0.25, -0.2) is 4.98 Å². The third kappa shape index (κ3) is 5.53. The Kier molecular flexibility index (Phi) is 7.01. The zero-order valence-electron chi connectivity index (χ0n) is 16.1. The molecule has 1 heterocycles. The van der Waals surface area contributed by atoms with Gasteiger partial charge in [0.05, 0.1) is 18.3 Å². The number of aromatic nitrogens is 2. The van der Waals surface area contributed by atoms with Crippen molar-refractivity contribution in [2.24, 2.45) is 5.92 Å². The summed E-state index contributed by atoms with van der Waals surface area (Å²) < 4.78 is 1.05. The molecule has 3 rings (SSSR count). The highest BCUT2D eigenvalue weighted by molar-refractivity contribution is 9.10. The Morgan fingerprint density at radius 2 is 1.79 bits per heavy atom. The SMILES string of the molecule is CC(C)[C@@H](CO)Nc1nc(NCc2cccc(Br)c2)cc(-c2ccccc2)n1. The normalized spacial score (nSPS) is 12.0. The minimum absolute atomic E-state index is 0.0252. The smallest absolute Gasteiger partial charge is 0.225 e. The molecule has 0 fully saturated rings. The van der Waals surface area contributed by atoms with Crippen molar-refractivity contribution in [1.82, 2.24) is 9.97 Å². The highest BCUT2D eigenvalue weighted by Crippen LogP contribution is 2.23. The van der Waals surface area contributed by atoms with Gasteiger partial charge < -0.3 is 15.7 Å². The van der Waals surface area contributed by atoms with Crippen molar-refractivity contribution < 1.29 is 5.11 Å². The molecule has 0 aliphatic carbocycles. The zero-order chi connectivity index (χ0) is 19.9. The summed E-state index contributed by atoms with van der Waals surface area (Å²) in [6.07, 6.45) is 0. The van der Waals surface area contributed by atoms with Crippen LogP contribution in [-0.4, -0.2) is 27.7 Å². The molecular formula is C22H25BrN4O. The van der Waals surface area contributed by atoms with Crippen LogP contribution in [0.1, 0.15) is 19.4 Å². The Morgan fingerprint density at radius 3 is 2.46 bits per heavy atom. The van der Waals surface area contributed by atoms with Gasteiger partial charge in [-0.3, -0.25) is 0 Å². The summed E-state index contributed by atoms with van der Waals surface area (Å²) in [5.74, 6) is 1.50. The third-order valence-corrected chi connectivity index (χ3v) is 4.97. The van der Waals surface area contributed by atoms with E-state index in [1.54, 1.807) is 0 Å². The summed E-state index contributed by atoms with van der Waals surface area (Å²) in [7, 11) is 0. The molecule has 1 atom stereocenters. The van der Waals surface area contributed by atoms with E-state index in [4.69, 9.17) is 0 Å². The molecule has 0 saturated carbocycles. The molecule has 3 aromatic rings. The molecule has 0 bridgehead atoms. The number of hydrogen-bond acceptors (Lipinski definition) is 5. The zero-order valence-corrected chi connectivity index (χ0v) is 17.6. The second-order valence-corrected chi connectivity index (χ2v) is 7.90. The van der Waals surface area contributed by atoms with Gasteiger partial charge in [0.25, 0.3) is 0 Å². The van der Waals surface area contributed by atoms with Crippen LogP contribution in [0.15, 0.2) is 65.1 Å². The lowest BCUT2D eigenvalue weighted by molar-refractivity contribution is 0.248. The molecule has 0 amide bonds. The molecule has 28 heavy (non-hydrogen) atoms. The van der Waals surface area contributed by atoms with Crippen LogP contribution in [0, 0.1) is 5.92 Å². The van der Waals surface area contributed by atoms with Gasteiger partial charge in [-0.2, -0.15) is 4.98 Å². The number of hydrogen-bond donors (Lipinski definition) is 3. The molecule has 3 N–H and O–H groups in total. The fourth-order valence-electron chi connectivity index (χ4n) is 2.79. The molecule has 0 aliphatic heterocycles. The van der Waals surface area contributed by atoms with Gasteiger partial charge in [-0.05, 0) is 23.6 Å². The van der Waals surface area contributed by atoms with Crippen LogP contribution in [0.25, 0.3) is 11.3 Å². The van der Waals surface area contributed by atoms with Crippen molar-refractivity contribution in [3.63, 3.8) is 0 Å². The molecule has 6 heteroatoms. The number of anilines is 2. The standard InChI is InChI=1S/C22H25BrN4O/c1-15(2)20(14-28)26-22-25-19(17-8-4-3-5-9-17)12-21(27-22)24-13-16-7-6-10-18(23)11-16/h3-12,15,20,28H,13-14H2,1-2H3,(H2,24,25,26,27)/t20-/m1/s1. The molecule has 0 spiro atoms. The van der Waals surface area contributed by atoms with Crippen LogP contribution in [0.3, 0.4) is 0 Å². The maximum atomic E-state index is 9.65. The van der Waals surface area contributed by atoms with Crippen LogP contribution in [-0.2, 0) is 6.54 Å². The van der Waals surface area contributed by atoms with Gasteiger partial charge in [0.15, 0.2) is 0 Å². The lowest BCUT2D eigenvalue weighted by Gasteiger charge is -2.20. The average molecular weight is 441 g/mol. The van der Waals surface area contributed by atoms with E-state index in [2.05, 4.69) is 62.5 Å². The number of nitrogens with zero attached hydrogens (tertiary/aromatic N) is 2. The van der Waals surface area contributed by atoms with Crippen LogP contribution in [0.5, 0.6) is 0 Å². The summed E-state index contributed by atoms with van der Waals surface area (Å²) in [5.41, 5.74) is 3.00. The van der Waals surface area contributed by atoms with Gasteiger partial charge in [-0.1, -0.05) is 72.2 Å². The summed E-state index contributed by atoms with van der Waals surface area (Å²) >= 11 is 3.50. The second-order valence-electron chi connectivity index (χ2n) is 6.99. The Hall–Kier alpha value is -2.44. The minimum Gasteiger partial charge on any atom is -0.394 e. The molecule has 0 radical (unpaired) electrons. The first kappa shape index (κ1) is 20.3. The molecule has 146 valence electrons. The summed E-state index contributed by atoms with van der Waals surface area (Å²) in [6.45, 7) is 4.79. The number of halogens is 1. The first-order chi connectivity index (χ1) is 13.5. The van der Waals surface area contributed by atoms with E-state index in [-0.39, 0.29) is 18.6 Å². The number of nitrogens with one attached hydrogen (secondary N) is 2. The highest BCUT2D eigenvalue weighted by atomic mass is 79.9. The second kappa shape index (κ2) is 9.66. The number of benzene rings is 2. The van der Waals surface area contributed by atoms with Gasteiger partial charge >= 0.3 is 0 Å². The van der Waals surface area contributed by atoms with E-state index < -0.39 is 0 Å². The molecule has 0 unspecified atom stereocenters. The largest absolute Gasteiger partial charge is 0.394 e. The van der Waals surface area contributed by atoms with E-state index in [0.29, 0.717) is 12.5 Å². The lowest BCUT2D eigenvalue weighted by atomic mass is 10.1. The highest BCUT2D eigenvalue weighted by Gasteiger charge is 2.15. The van der Waals surface area contributed by atoms with Gasteiger partial charge in [0, 0.05) is 22.6 Å². The van der Waals surface area contributed by atoms with Gasteiger partial charge in [0.2, 0.25) is 5.95 Å². The maximum Gasteiger partial charge on any atom is 0.225 e. The fourth-order valence-corrected chi connectivity index (χ4v) is 3.23. The quantitative estimate of drug-likeness (QED) is 0.462. The van der Waals surface area contributed by atoms with E-state index >= 15 is 0 Å². The number of rotatable bonds is 8. The van der Waals surface area contributed by atoms with Crippen molar-refractivity contribution in [2.45, 2.75) is 26.4 Å². The fraction of sp³-hybridized carbons (Fsp3) is 0.273. The molecule has 1 aromatic heterocycles. The summed E-state index contributed by atoms with van der Waals surface area (Å²) in [6, 6.07) is 20.0. The Morgan fingerprint density at radius 1 is 1.00 bits per heavy atom. The van der Waals surface area contributed by atoms with Crippen molar-refractivity contribution in [3.05, 3.63) is 70.7 Å².